The molecule has 0 aliphatic carbocycles. The first-order valence-corrected chi connectivity index (χ1v) is 7.33. The summed E-state index contributed by atoms with van der Waals surface area (Å²) in [6, 6.07) is -0.0517. The number of nitrogens with zero attached hydrogens (tertiary/aromatic N) is 4. The number of hydrogen-bond donors (Lipinski definition) is 2. The molecule has 6 nitrogen and oxygen atoms in total. The summed E-state index contributed by atoms with van der Waals surface area (Å²) in [5.74, 6) is 5.62. The molecule has 0 aliphatic rings. The van der Waals surface area contributed by atoms with Crippen molar-refractivity contribution in [2.24, 2.45) is 5.84 Å². The Morgan fingerprint density at radius 2 is 2.32 bits per heavy atom. The molecule has 1 atom stereocenters. The SMILES string of the molecule is CCc1nn(CC)c(CC(NN)c2cnns2)c1Cl. The van der Waals surface area contributed by atoms with E-state index in [0.29, 0.717) is 6.42 Å². The van der Waals surface area contributed by atoms with Gasteiger partial charge in [-0.15, -0.1) is 5.10 Å². The molecule has 0 bridgehead atoms. The van der Waals surface area contributed by atoms with Crippen LogP contribution in [0.25, 0.3) is 0 Å². The molecule has 0 fully saturated rings. The molecule has 0 aromatic carbocycles. The first kappa shape index (κ1) is 14.4. The summed E-state index contributed by atoms with van der Waals surface area (Å²) >= 11 is 7.72. The summed E-state index contributed by atoms with van der Waals surface area (Å²) in [7, 11) is 0. The van der Waals surface area contributed by atoms with E-state index < -0.39 is 0 Å². The van der Waals surface area contributed by atoms with Gasteiger partial charge in [-0.1, -0.05) is 23.0 Å². The van der Waals surface area contributed by atoms with E-state index in [1.807, 2.05) is 18.5 Å². The maximum atomic E-state index is 6.39. The Morgan fingerprint density at radius 3 is 2.84 bits per heavy atom. The van der Waals surface area contributed by atoms with E-state index >= 15 is 0 Å². The zero-order valence-corrected chi connectivity index (χ0v) is 12.5. The number of halogens is 1. The van der Waals surface area contributed by atoms with Crippen LogP contribution in [0.2, 0.25) is 5.02 Å². The number of rotatable bonds is 6. The van der Waals surface area contributed by atoms with Gasteiger partial charge in [0.2, 0.25) is 0 Å². The standard InChI is InChI=1S/C11H17ClN6S/c1-3-7-11(12)9(18(4-2)16-7)5-8(15-13)10-6-14-17-19-10/h6,8,15H,3-5,13H2,1-2H3. The highest BCUT2D eigenvalue weighted by atomic mass is 35.5. The van der Waals surface area contributed by atoms with Gasteiger partial charge in [0.1, 0.15) is 0 Å². The molecular weight excluding hydrogens is 284 g/mol. The van der Waals surface area contributed by atoms with Crippen molar-refractivity contribution in [3.05, 3.63) is 27.5 Å². The molecule has 0 radical (unpaired) electrons. The molecule has 2 aromatic rings. The van der Waals surface area contributed by atoms with Crippen LogP contribution in [-0.2, 0) is 19.4 Å². The van der Waals surface area contributed by atoms with E-state index in [9.17, 15) is 0 Å². The third-order valence-corrected chi connectivity index (χ3v) is 4.23. The van der Waals surface area contributed by atoms with Crippen LogP contribution in [-0.4, -0.2) is 19.4 Å². The maximum absolute atomic E-state index is 6.39. The van der Waals surface area contributed by atoms with Crippen molar-refractivity contribution in [2.75, 3.05) is 0 Å². The van der Waals surface area contributed by atoms with E-state index in [2.05, 4.69) is 20.1 Å². The number of aryl methyl sites for hydroxylation is 2. The third kappa shape index (κ3) is 2.94. The first-order valence-electron chi connectivity index (χ1n) is 6.18. The molecule has 8 heteroatoms. The normalized spacial score (nSPS) is 12.8. The highest BCUT2D eigenvalue weighted by Crippen LogP contribution is 2.27. The van der Waals surface area contributed by atoms with Crippen molar-refractivity contribution in [1.82, 2.24) is 24.8 Å². The van der Waals surface area contributed by atoms with Crippen molar-refractivity contribution < 1.29 is 0 Å². The fourth-order valence-electron chi connectivity index (χ4n) is 1.98. The Hall–Kier alpha value is -1.02. The van der Waals surface area contributed by atoms with Gasteiger partial charge in [-0.3, -0.25) is 16.0 Å². The molecule has 0 saturated carbocycles. The minimum absolute atomic E-state index is 0.0517. The fraction of sp³-hybridized carbons (Fsp3) is 0.545. The summed E-state index contributed by atoms with van der Waals surface area (Å²) < 4.78 is 5.79. The monoisotopic (exact) mass is 300 g/mol. The van der Waals surface area contributed by atoms with Gasteiger partial charge >= 0.3 is 0 Å². The topological polar surface area (TPSA) is 81.7 Å². The van der Waals surface area contributed by atoms with Crippen molar-refractivity contribution >= 4 is 23.1 Å². The van der Waals surface area contributed by atoms with Crippen LogP contribution in [0.3, 0.4) is 0 Å². The minimum Gasteiger partial charge on any atom is -0.271 e. The zero-order chi connectivity index (χ0) is 13.8. The Kier molecular flexibility index (Phi) is 4.87. The number of aromatic nitrogens is 4. The Balaban J connectivity index is 2.29. The second-order valence-corrected chi connectivity index (χ2v) is 5.32. The molecule has 19 heavy (non-hydrogen) atoms. The predicted molar refractivity (Wildman–Crippen MR) is 76.0 cm³/mol. The van der Waals surface area contributed by atoms with E-state index in [-0.39, 0.29) is 6.04 Å². The molecule has 1 unspecified atom stereocenters. The summed E-state index contributed by atoms with van der Waals surface area (Å²) in [5, 5.41) is 9.08. The summed E-state index contributed by atoms with van der Waals surface area (Å²) in [5.41, 5.74) is 4.71. The van der Waals surface area contributed by atoms with Crippen molar-refractivity contribution in [1.29, 1.82) is 0 Å². The van der Waals surface area contributed by atoms with Gasteiger partial charge in [0.05, 0.1) is 33.5 Å². The van der Waals surface area contributed by atoms with E-state index in [1.54, 1.807) is 6.20 Å². The van der Waals surface area contributed by atoms with Gasteiger partial charge in [-0.05, 0) is 24.9 Å². The molecule has 0 saturated heterocycles. The van der Waals surface area contributed by atoms with Gasteiger partial charge in [0.15, 0.2) is 0 Å². The third-order valence-electron chi connectivity index (χ3n) is 3.01. The largest absolute Gasteiger partial charge is 0.271 e. The lowest BCUT2D eigenvalue weighted by molar-refractivity contribution is 0.522. The molecule has 0 aliphatic heterocycles. The lowest BCUT2D eigenvalue weighted by atomic mass is 10.1. The molecule has 2 heterocycles. The molecule has 0 amide bonds. The second kappa shape index (κ2) is 6.42. The number of hydrogen-bond acceptors (Lipinski definition) is 6. The minimum atomic E-state index is -0.0517. The van der Waals surface area contributed by atoms with Gasteiger partial charge in [0.25, 0.3) is 0 Å². The van der Waals surface area contributed by atoms with Crippen LogP contribution in [0.4, 0.5) is 0 Å². The number of hydrazine groups is 1. The van der Waals surface area contributed by atoms with Crippen LogP contribution < -0.4 is 11.3 Å². The van der Waals surface area contributed by atoms with Gasteiger partial charge < -0.3 is 0 Å². The second-order valence-electron chi connectivity index (χ2n) is 4.12. The number of nitrogens with one attached hydrogen (secondary N) is 1. The van der Waals surface area contributed by atoms with E-state index in [1.165, 1.54) is 11.5 Å². The fourth-order valence-corrected chi connectivity index (χ4v) is 2.88. The zero-order valence-electron chi connectivity index (χ0n) is 10.9. The summed E-state index contributed by atoms with van der Waals surface area (Å²) in [6.07, 6.45) is 3.21. The number of nitrogens with two attached hydrogens (primary N) is 1. The lowest BCUT2D eigenvalue weighted by Crippen LogP contribution is -2.29. The van der Waals surface area contributed by atoms with Crippen LogP contribution in [0.15, 0.2) is 6.20 Å². The highest BCUT2D eigenvalue weighted by Gasteiger charge is 2.20. The van der Waals surface area contributed by atoms with Crippen LogP contribution in [0.5, 0.6) is 0 Å². The average molecular weight is 301 g/mol. The Morgan fingerprint density at radius 1 is 1.53 bits per heavy atom. The van der Waals surface area contributed by atoms with Gasteiger partial charge in [-0.2, -0.15) is 5.10 Å². The molecule has 104 valence electrons. The first-order chi connectivity index (χ1) is 9.21. The van der Waals surface area contributed by atoms with Crippen LogP contribution in [0.1, 0.15) is 36.2 Å². The molecule has 3 N–H and O–H groups in total. The molecule has 2 rings (SSSR count). The predicted octanol–water partition coefficient (Wildman–Crippen LogP) is 1.72. The molecule has 0 spiro atoms. The van der Waals surface area contributed by atoms with Crippen LogP contribution >= 0.6 is 23.1 Å². The smallest absolute Gasteiger partial charge is 0.0850 e. The molecule has 2 aromatic heterocycles. The summed E-state index contributed by atoms with van der Waals surface area (Å²) in [6.45, 7) is 4.88. The van der Waals surface area contributed by atoms with Crippen LogP contribution in [0, 0.1) is 0 Å². The van der Waals surface area contributed by atoms with Gasteiger partial charge in [-0.25, -0.2) is 0 Å². The molecular formula is C11H17ClN6S. The van der Waals surface area contributed by atoms with E-state index in [0.717, 1.165) is 34.3 Å². The van der Waals surface area contributed by atoms with Crippen molar-refractivity contribution in [3.63, 3.8) is 0 Å². The average Bonchev–Trinajstić information content (AvgIpc) is 3.04. The maximum Gasteiger partial charge on any atom is 0.0850 e. The van der Waals surface area contributed by atoms with Crippen molar-refractivity contribution in [2.45, 2.75) is 39.3 Å². The highest BCUT2D eigenvalue weighted by molar-refractivity contribution is 7.05. The summed E-state index contributed by atoms with van der Waals surface area (Å²) in [4.78, 5) is 0.987. The Labute approximate surface area is 121 Å². The lowest BCUT2D eigenvalue weighted by Gasteiger charge is -2.14. The van der Waals surface area contributed by atoms with Crippen molar-refractivity contribution in [3.8, 4) is 0 Å². The quantitative estimate of drug-likeness (QED) is 0.627. The van der Waals surface area contributed by atoms with Gasteiger partial charge in [0, 0.05) is 13.0 Å². The Bertz CT molecular complexity index is 524. The van der Waals surface area contributed by atoms with E-state index in [4.69, 9.17) is 17.4 Å².